The fourth-order valence-corrected chi connectivity index (χ4v) is 1.38. The van der Waals surface area contributed by atoms with Crippen LogP contribution in [0.2, 0.25) is 0 Å². The van der Waals surface area contributed by atoms with Crippen LogP contribution in [-0.2, 0) is 0 Å². The second-order valence-electron chi connectivity index (χ2n) is 3.34. The van der Waals surface area contributed by atoms with Crippen LogP contribution in [-0.4, -0.2) is 21.9 Å². The highest BCUT2D eigenvalue weighted by atomic mass is 16.3. The average molecular weight is 197 g/mol. The molecule has 0 aliphatic carbocycles. The Balaban J connectivity index is 3.33. The summed E-state index contributed by atoms with van der Waals surface area (Å²) in [5.41, 5.74) is 7.18. The van der Waals surface area contributed by atoms with Crippen molar-refractivity contribution in [1.82, 2.24) is 0 Å². The first-order chi connectivity index (χ1) is 6.49. The molecule has 0 saturated heterocycles. The molecule has 1 atom stereocenters. The molecular weight excluding hydrogens is 182 g/mol. The smallest absolute Gasteiger partial charge is 0.160 e. The molecule has 1 unspecified atom stereocenters. The third kappa shape index (κ3) is 1.66. The van der Waals surface area contributed by atoms with E-state index in [1.807, 2.05) is 0 Å². The zero-order valence-electron chi connectivity index (χ0n) is 8.28. The predicted octanol–water partition coefficient (Wildman–Crippen LogP) is 0.707. The van der Waals surface area contributed by atoms with Gasteiger partial charge in [-0.2, -0.15) is 0 Å². The fourth-order valence-electron chi connectivity index (χ4n) is 1.38. The van der Waals surface area contributed by atoms with Gasteiger partial charge in [-0.05, 0) is 36.6 Å². The van der Waals surface area contributed by atoms with Gasteiger partial charge in [0.05, 0.1) is 6.10 Å². The van der Waals surface area contributed by atoms with Crippen molar-refractivity contribution >= 4 is 0 Å². The minimum Gasteiger partial charge on any atom is -0.504 e. The van der Waals surface area contributed by atoms with Crippen molar-refractivity contribution in [2.24, 2.45) is 5.73 Å². The third-order valence-corrected chi connectivity index (χ3v) is 2.47. The number of aliphatic hydroxyl groups excluding tert-OH is 1. The summed E-state index contributed by atoms with van der Waals surface area (Å²) in [6.07, 6.45) is -0.805. The number of aromatic hydroxyl groups is 2. The van der Waals surface area contributed by atoms with Crippen LogP contribution >= 0.6 is 0 Å². The zero-order chi connectivity index (χ0) is 10.9. The van der Waals surface area contributed by atoms with E-state index in [0.29, 0.717) is 11.1 Å². The van der Waals surface area contributed by atoms with Crippen LogP contribution in [0.1, 0.15) is 22.8 Å². The number of phenolic OH excluding ortho intramolecular Hbond substituents is 2. The first-order valence-corrected chi connectivity index (χ1v) is 4.39. The molecule has 1 rings (SSSR count). The first kappa shape index (κ1) is 10.8. The average Bonchev–Trinajstić information content (AvgIpc) is 2.19. The normalized spacial score (nSPS) is 12.9. The number of rotatable bonds is 2. The Kier molecular flexibility index (Phi) is 2.98. The van der Waals surface area contributed by atoms with Crippen LogP contribution in [0.5, 0.6) is 11.5 Å². The number of benzene rings is 1. The number of nitrogens with two attached hydrogens (primary N) is 1. The van der Waals surface area contributed by atoms with Crippen molar-refractivity contribution in [3.8, 4) is 11.5 Å². The van der Waals surface area contributed by atoms with Gasteiger partial charge in [0.2, 0.25) is 0 Å². The largest absolute Gasteiger partial charge is 0.504 e. The molecule has 0 fully saturated rings. The van der Waals surface area contributed by atoms with Crippen LogP contribution in [0.3, 0.4) is 0 Å². The van der Waals surface area contributed by atoms with Gasteiger partial charge in [0.15, 0.2) is 11.5 Å². The van der Waals surface area contributed by atoms with Gasteiger partial charge in [-0.3, -0.25) is 0 Å². The van der Waals surface area contributed by atoms with Crippen molar-refractivity contribution in [2.45, 2.75) is 20.0 Å². The van der Waals surface area contributed by atoms with Gasteiger partial charge in [-0.25, -0.2) is 0 Å². The molecule has 0 radical (unpaired) electrons. The lowest BCUT2D eigenvalue weighted by Crippen LogP contribution is -2.13. The summed E-state index contributed by atoms with van der Waals surface area (Å²) in [6.45, 7) is 3.53. The van der Waals surface area contributed by atoms with E-state index in [2.05, 4.69) is 0 Å². The lowest BCUT2D eigenvalue weighted by atomic mass is 9.97. The lowest BCUT2D eigenvalue weighted by molar-refractivity contribution is 0.185. The number of hydrogen-bond acceptors (Lipinski definition) is 4. The Hall–Kier alpha value is -1.26. The second-order valence-corrected chi connectivity index (χ2v) is 3.34. The van der Waals surface area contributed by atoms with Crippen LogP contribution in [0.25, 0.3) is 0 Å². The van der Waals surface area contributed by atoms with E-state index in [1.165, 1.54) is 6.07 Å². The van der Waals surface area contributed by atoms with E-state index in [1.54, 1.807) is 13.8 Å². The highest BCUT2D eigenvalue weighted by Crippen LogP contribution is 2.35. The van der Waals surface area contributed by atoms with Crippen molar-refractivity contribution < 1.29 is 15.3 Å². The van der Waals surface area contributed by atoms with Gasteiger partial charge in [-0.15, -0.1) is 0 Å². The second kappa shape index (κ2) is 3.86. The number of hydrogen-bond donors (Lipinski definition) is 4. The molecule has 0 aliphatic heterocycles. The van der Waals surface area contributed by atoms with Crippen LogP contribution in [0.15, 0.2) is 6.07 Å². The number of phenols is 2. The molecule has 78 valence electrons. The Labute approximate surface area is 82.6 Å². The molecule has 0 aliphatic rings. The first-order valence-electron chi connectivity index (χ1n) is 4.39. The summed E-state index contributed by atoms with van der Waals surface area (Å²) >= 11 is 0. The summed E-state index contributed by atoms with van der Waals surface area (Å²) in [4.78, 5) is 0. The van der Waals surface area contributed by atoms with E-state index in [4.69, 9.17) is 5.73 Å². The minimum absolute atomic E-state index is 0.0878. The summed E-state index contributed by atoms with van der Waals surface area (Å²) in [5, 5.41) is 28.3. The molecule has 0 spiro atoms. The molecule has 4 nitrogen and oxygen atoms in total. The van der Waals surface area contributed by atoms with Crippen molar-refractivity contribution in [3.63, 3.8) is 0 Å². The Morgan fingerprint density at radius 2 is 1.86 bits per heavy atom. The van der Waals surface area contributed by atoms with E-state index in [0.717, 1.165) is 5.56 Å². The maximum atomic E-state index is 9.53. The van der Waals surface area contributed by atoms with Gasteiger partial charge < -0.3 is 21.1 Å². The SMILES string of the molecule is Cc1c(C(O)CN)cc(O)c(O)c1C. The molecule has 14 heavy (non-hydrogen) atoms. The predicted molar refractivity (Wildman–Crippen MR) is 53.3 cm³/mol. The Morgan fingerprint density at radius 3 is 2.36 bits per heavy atom. The summed E-state index contributed by atoms with van der Waals surface area (Å²) in [7, 11) is 0. The van der Waals surface area contributed by atoms with E-state index in [-0.39, 0.29) is 18.0 Å². The maximum Gasteiger partial charge on any atom is 0.160 e. The standard InChI is InChI=1S/C10H15NO3/c1-5-6(2)10(14)8(12)3-7(5)9(13)4-11/h3,9,12-14H,4,11H2,1-2H3. The molecular formula is C10H15NO3. The molecule has 0 aromatic heterocycles. The molecule has 5 N–H and O–H groups in total. The van der Waals surface area contributed by atoms with Gasteiger partial charge in [0.25, 0.3) is 0 Å². The monoisotopic (exact) mass is 197 g/mol. The number of aliphatic hydroxyl groups is 1. The van der Waals surface area contributed by atoms with E-state index in [9.17, 15) is 15.3 Å². The van der Waals surface area contributed by atoms with Crippen molar-refractivity contribution in [3.05, 3.63) is 22.8 Å². The van der Waals surface area contributed by atoms with Crippen molar-refractivity contribution in [1.29, 1.82) is 0 Å². The molecule has 1 aromatic carbocycles. The van der Waals surface area contributed by atoms with Gasteiger partial charge in [0, 0.05) is 6.54 Å². The molecule has 0 amide bonds. The van der Waals surface area contributed by atoms with Crippen LogP contribution < -0.4 is 5.73 Å². The Morgan fingerprint density at radius 1 is 1.29 bits per heavy atom. The Bertz CT molecular complexity index is 350. The molecule has 0 saturated carbocycles. The lowest BCUT2D eigenvalue weighted by Gasteiger charge is -2.15. The molecule has 4 heteroatoms. The molecule has 0 heterocycles. The summed E-state index contributed by atoms with van der Waals surface area (Å²) in [6, 6.07) is 1.34. The molecule has 0 bridgehead atoms. The van der Waals surface area contributed by atoms with E-state index < -0.39 is 6.10 Å². The minimum atomic E-state index is -0.805. The van der Waals surface area contributed by atoms with Crippen LogP contribution in [0, 0.1) is 13.8 Å². The quantitative estimate of drug-likeness (QED) is 0.526. The highest BCUT2D eigenvalue weighted by molar-refractivity contribution is 5.52. The topological polar surface area (TPSA) is 86.7 Å². The zero-order valence-corrected chi connectivity index (χ0v) is 8.28. The maximum absolute atomic E-state index is 9.53. The van der Waals surface area contributed by atoms with Gasteiger partial charge in [0.1, 0.15) is 0 Å². The van der Waals surface area contributed by atoms with Gasteiger partial charge in [-0.1, -0.05) is 0 Å². The van der Waals surface area contributed by atoms with Gasteiger partial charge >= 0.3 is 0 Å². The fraction of sp³-hybridized carbons (Fsp3) is 0.400. The highest BCUT2D eigenvalue weighted by Gasteiger charge is 2.15. The summed E-state index contributed by atoms with van der Waals surface area (Å²) in [5.74, 6) is -0.369. The third-order valence-electron chi connectivity index (χ3n) is 2.47. The van der Waals surface area contributed by atoms with Crippen LogP contribution in [0.4, 0.5) is 0 Å². The van der Waals surface area contributed by atoms with Crippen molar-refractivity contribution in [2.75, 3.05) is 6.54 Å². The van der Waals surface area contributed by atoms with E-state index >= 15 is 0 Å². The summed E-state index contributed by atoms with van der Waals surface area (Å²) < 4.78 is 0. The molecule has 1 aromatic rings.